The van der Waals surface area contributed by atoms with Gasteiger partial charge in [-0.2, -0.15) is 0 Å². The molecule has 3 heterocycles. The Kier molecular flexibility index (Phi) is 1.44. The van der Waals surface area contributed by atoms with Crippen LogP contribution in [0.1, 0.15) is 12.8 Å². The Morgan fingerprint density at radius 2 is 2.22 bits per heavy atom. The van der Waals surface area contributed by atoms with Crippen LogP contribution in [0.15, 0.2) is 0 Å². The summed E-state index contributed by atoms with van der Waals surface area (Å²) in [4.78, 5) is 0. The van der Waals surface area contributed by atoms with Crippen molar-refractivity contribution in [3.8, 4) is 0 Å². The minimum absolute atomic E-state index is 0.670. The van der Waals surface area contributed by atoms with Crippen LogP contribution < -0.4 is 5.32 Å². The largest absolute Gasteiger partial charge is 0.379 e. The first kappa shape index (κ1) is 5.69. The number of hydrogen-bond acceptors (Lipinski definition) is 2. The molecule has 9 heavy (non-hydrogen) atoms. The molecule has 0 aromatic rings. The number of ether oxygens (including phenoxy) is 1. The molecule has 0 radical (unpaired) electrons. The van der Waals surface area contributed by atoms with Crippen molar-refractivity contribution in [3.63, 3.8) is 0 Å². The molecule has 2 heteroatoms. The summed E-state index contributed by atoms with van der Waals surface area (Å²) < 4.78 is 5.42. The minimum Gasteiger partial charge on any atom is -0.379 e. The Bertz CT molecular complexity index is 79.6. The van der Waals surface area contributed by atoms with E-state index in [-0.39, 0.29) is 0 Å². The van der Waals surface area contributed by atoms with Crippen molar-refractivity contribution in [2.24, 2.45) is 5.92 Å². The predicted molar refractivity (Wildman–Crippen MR) is 35.3 cm³/mol. The molecule has 2 unspecified atom stereocenters. The summed E-state index contributed by atoms with van der Waals surface area (Å²) >= 11 is 0. The summed E-state index contributed by atoms with van der Waals surface area (Å²) in [7, 11) is 0. The van der Waals surface area contributed by atoms with Crippen molar-refractivity contribution in [1.82, 2.24) is 5.32 Å². The normalized spacial score (nSPS) is 42.7. The molecule has 0 aliphatic carbocycles. The molecule has 3 aliphatic heterocycles. The summed E-state index contributed by atoms with van der Waals surface area (Å²) in [6.07, 6.45) is 2.70. The second-order valence-corrected chi connectivity index (χ2v) is 3.09. The highest BCUT2D eigenvalue weighted by atomic mass is 16.5. The van der Waals surface area contributed by atoms with E-state index in [1.165, 1.54) is 19.4 Å². The van der Waals surface area contributed by atoms with E-state index in [4.69, 9.17) is 4.74 Å². The van der Waals surface area contributed by atoms with Gasteiger partial charge < -0.3 is 10.1 Å². The second-order valence-electron chi connectivity index (χ2n) is 3.09. The van der Waals surface area contributed by atoms with Gasteiger partial charge in [-0.3, -0.25) is 0 Å². The third-order valence-corrected chi connectivity index (χ3v) is 2.29. The van der Waals surface area contributed by atoms with E-state index in [0.29, 0.717) is 6.04 Å². The molecule has 3 fully saturated rings. The number of nitrogens with one attached hydrogen (secondary N) is 1. The lowest BCUT2D eigenvalue weighted by molar-refractivity contribution is 0.126. The van der Waals surface area contributed by atoms with Crippen molar-refractivity contribution >= 4 is 0 Å². The molecule has 3 saturated heterocycles. The van der Waals surface area contributed by atoms with Crippen molar-refractivity contribution in [2.75, 3.05) is 19.8 Å². The fourth-order valence-electron chi connectivity index (χ4n) is 1.64. The highest BCUT2D eigenvalue weighted by Gasteiger charge is 2.24. The average Bonchev–Trinajstić information content (AvgIpc) is 2.21. The Hall–Kier alpha value is -0.0800. The third-order valence-electron chi connectivity index (χ3n) is 2.29. The van der Waals surface area contributed by atoms with Gasteiger partial charge in [-0.15, -0.1) is 0 Å². The number of fused-ring (bicyclic) bond motifs is 4. The van der Waals surface area contributed by atoms with Gasteiger partial charge in [-0.25, -0.2) is 0 Å². The van der Waals surface area contributed by atoms with Crippen LogP contribution in [0, 0.1) is 5.92 Å². The summed E-state index contributed by atoms with van der Waals surface area (Å²) in [6, 6.07) is 0.670. The Balaban J connectivity index is 2.03. The first-order valence-electron chi connectivity index (χ1n) is 3.76. The van der Waals surface area contributed by atoms with Gasteiger partial charge in [0.2, 0.25) is 0 Å². The van der Waals surface area contributed by atoms with Gasteiger partial charge in [0.25, 0.3) is 0 Å². The van der Waals surface area contributed by atoms with E-state index < -0.39 is 0 Å². The SMILES string of the molecule is C1CC2COCC1CN2. The summed E-state index contributed by atoms with van der Waals surface area (Å²) in [6.45, 7) is 3.12. The highest BCUT2D eigenvalue weighted by Crippen LogP contribution is 2.18. The maximum absolute atomic E-state index is 5.42. The lowest BCUT2D eigenvalue weighted by Crippen LogP contribution is -2.38. The lowest BCUT2D eigenvalue weighted by Gasteiger charge is -2.22. The fraction of sp³-hybridized carbons (Fsp3) is 1.00. The van der Waals surface area contributed by atoms with Crippen LogP contribution in [0.25, 0.3) is 0 Å². The predicted octanol–water partition coefficient (Wildman–Crippen LogP) is 0.385. The highest BCUT2D eigenvalue weighted by molar-refractivity contribution is 4.80. The van der Waals surface area contributed by atoms with E-state index in [2.05, 4.69) is 5.32 Å². The van der Waals surface area contributed by atoms with Crippen LogP contribution in [0.5, 0.6) is 0 Å². The van der Waals surface area contributed by atoms with Crippen LogP contribution in [0.4, 0.5) is 0 Å². The molecule has 2 nitrogen and oxygen atoms in total. The Morgan fingerprint density at radius 3 is 3.00 bits per heavy atom. The Morgan fingerprint density at radius 1 is 1.22 bits per heavy atom. The first-order chi connectivity index (χ1) is 4.45. The van der Waals surface area contributed by atoms with E-state index in [1.54, 1.807) is 0 Å². The molecule has 3 aliphatic rings. The maximum atomic E-state index is 5.42. The molecular formula is C7H13NO. The maximum Gasteiger partial charge on any atom is 0.0619 e. The van der Waals surface area contributed by atoms with Crippen molar-refractivity contribution in [2.45, 2.75) is 18.9 Å². The molecule has 3 rings (SSSR count). The number of hydrogen-bond donors (Lipinski definition) is 1. The molecule has 0 saturated carbocycles. The van der Waals surface area contributed by atoms with Gasteiger partial charge in [-0.05, 0) is 18.8 Å². The summed E-state index contributed by atoms with van der Waals surface area (Å²) in [5, 5.41) is 3.46. The van der Waals surface area contributed by atoms with Crippen molar-refractivity contribution in [3.05, 3.63) is 0 Å². The second kappa shape index (κ2) is 2.27. The standard InChI is InChI=1S/C7H13NO/c1-2-7-5-9-4-6(1)3-8-7/h6-8H,1-5H2. The van der Waals surface area contributed by atoms with Gasteiger partial charge in [-0.1, -0.05) is 0 Å². The van der Waals surface area contributed by atoms with Crippen LogP contribution in [-0.2, 0) is 4.74 Å². The lowest BCUT2D eigenvalue weighted by atomic mass is 9.98. The number of piperidine rings is 1. The van der Waals surface area contributed by atoms with Gasteiger partial charge in [0, 0.05) is 12.6 Å². The molecule has 1 N–H and O–H groups in total. The van der Waals surface area contributed by atoms with Crippen molar-refractivity contribution < 1.29 is 4.74 Å². The molecule has 52 valence electrons. The molecule has 0 amide bonds. The quantitative estimate of drug-likeness (QED) is 0.508. The van der Waals surface area contributed by atoms with Crippen molar-refractivity contribution in [1.29, 1.82) is 0 Å². The smallest absolute Gasteiger partial charge is 0.0619 e. The summed E-state index contributed by atoms with van der Waals surface area (Å²) in [5.74, 6) is 0.809. The first-order valence-corrected chi connectivity index (χ1v) is 3.76. The molecular weight excluding hydrogens is 114 g/mol. The van der Waals surface area contributed by atoms with Crippen LogP contribution >= 0.6 is 0 Å². The van der Waals surface area contributed by atoms with Gasteiger partial charge >= 0.3 is 0 Å². The Labute approximate surface area is 55.6 Å². The zero-order chi connectivity index (χ0) is 6.10. The van der Waals surface area contributed by atoms with Gasteiger partial charge in [0.15, 0.2) is 0 Å². The molecule has 2 atom stereocenters. The molecule has 2 bridgehead atoms. The minimum atomic E-state index is 0.670. The van der Waals surface area contributed by atoms with E-state index in [1.807, 2.05) is 0 Å². The zero-order valence-electron chi connectivity index (χ0n) is 5.60. The van der Waals surface area contributed by atoms with E-state index >= 15 is 0 Å². The van der Waals surface area contributed by atoms with Crippen LogP contribution in [0.3, 0.4) is 0 Å². The topological polar surface area (TPSA) is 21.3 Å². The third kappa shape index (κ3) is 1.10. The molecule has 0 aromatic carbocycles. The van der Waals surface area contributed by atoms with E-state index in [9.17, 15) is 0 Å². The van der Waals surface area contributed by atoms with E-state index in [0.717, 1.165) is 19.1 Å². The average molecular weight is 127 g/mol. The fourth-order valence-corrected chi connectivity index (χ4v) is 1.64. The van der Waals surface area contributed by atoms with Gasteiger partial charge in [0.1, 0.15) is 0 Å². The number of rotatable bonds is 0. The molecule has 0 spiro atoms. The van der Waals surface area contributed by atoms with Crippen LogP contribution in [0.2, 0.25) is 0 Å². The van der Waals surface area contributed by atoms with Crippen LogP contribution in [-0.4, -0.2) is 25.8 Å². The van der Waals surface area contributed by atoms with Gasteiger partial charge in [0.05, 0.1) is 13.2 Å². The summed E-state index contributed by atoms with van der Waals surface area (Å²) in [5.41, 5.74) is 0. The monoisotopic (exact) mass is 127 g/mol. The molecule has 0 aromatic heterocycles. The zero-order valence-corrected chi connectivity index (χ0v) is 5.60.